The largest absolute Gasteiger partial charge is 0.377 e. The minimum atomic E-state index is 0.604. The standard InChI is InChI=1S/C20H27NO4/c1-2-4-18-16-20(17-19(18)5-3-1)21-6-8-22-10-12-24-14-15-25-13-11-23-9-7-21/h1-5,16-17H,6-15H2. The van der Waals surface area contributed by atoms with Crippen molar-refractivity contribution in [3.05, 3.63) is 42.5 Å². The van der Waals surface area contributed by atoms with Crippen LogP contribution in [0.4, 0.5) is 5.69 Å². The minimum Gasteiger partial charge on any atom is -0.377 e. The maximum absolute atomic E-state index is 5.70. The molecule has 3 aliphatic rings. The summed E-state index contributed by atoms with van der Waals surface area (Å²) >= 11 is 0. The van der Waals surface area contributed by atoms with Gasteiger partial charge < -0.3 is 23.8 Å². The Bertz CT molecular complexity index is 545. The van der Waals surface area contributed by atoms with Crippen molar-refractivity contribution in [3.8, 4) is 11.1 Å². The van der Waals surface area contributed by atoms with E-state index in [1.807, 2.05) is 0 Å². The quantitative estimate of drug-likeness (QED) is 0.795. The molecule has 0 aromatic rings. The molecule has 1 fully saturated rings. The number of rotatable bonds is 1. The Balaban J connectivity index is 1.64. The highest BCUT2D eigenvalue weighted by Gasteiger charge is 2.12. The molecule has 5 nitrogen and oxygen atoms in total. The van der Waals surface area contributed by atoms with Crippen LogP contribution in [0, 0.1) is 0 Å². The van der Waals surface area contributed by atoms with Gasteiger partial charge in [-0.15, -0.1) is 0 Å². The third-order valence-corrected chi connectivity index (χ3v) is 4.21. The van der Waals surface area contributed by atoms with E-state index in [1.165, 1.54) is 16.8 Å². The number of hydrogen-bond acceptors (Lipinski definition) is 5. The molecule has 1 heterocycles. The molecule has 0 unspecified atom stereocenters. The maximum Gasteiger partial charge on any atom is 0.0701 e. The second-order valence-electron chi connectivity index (χ2n) is 5.97. The van der Waals surface area contributed by atoms with Gasteiger partial charge in [0.15, 0.2) is 0 Å². The van der Waals surface area contributed by atoms with E-state index < -0.39 is 0 Å². The van der Waals surface area contributed by atoms with Gasteiger partial charge in [0.2, 0.25) is 0 Å². The zero-order valence-corrected chi connectivity index (χ0v) is 14.7. The van der Waals surface area contributed by atoms with Crippen molar-refractivity contribution in [2.24, 2.45) is 0 Å². The summed E-state index contributed by atoms with van der Waals surface area (Å²) < 4.78 is 22.3. The Morgan fingerprint density at radius 3 is 1.48 bits per heavy atom. The molecule has 1 aliphatic heterocycles. The van der Waals surface area contributed by atoms with Crippen LogP contribution in [-0.4, -0.2) is 65.9 Å². The highest BCUT2D eigenvalue weighted by molar-refractivity contribution is 5.75. The molecule has 2 aliphatic carbocycles. The lowest BCUT2D eigenvalue weighted by Gasteiger charge is -2.23. The summed E-state index contributed by atoms with van der Waals surface area (Å²) in [6.45, 7) is 6.68. The summed E-state index contributed by atoms with van der Waals surface area (Å²) in [6.07, 6.45) is 0. The highest BCUT2D eigenvalue weighted by Crippen LogP contribution is 2.30. The van der Waals surface area contributed by atoms with Crippen molar-refractivity contribution in [1.82, 2.24) is 0 Å². The number of fused-ring (bicyclic) bond motifs is 1. The third-order valence-electron chi connectivity index (χ3n) is 4.21. The summed E-state index contributed by atoms with van der Waals surface area (Å²) in [5, 5.41) is 0. The average molecular weight is 345 g/mol. The molecule has 0 atom stereocenters. The van der Waals surface area contributed by atoms with Crippen molar-refractivity contribution in [3.63, 3.8) is 0 Å². The molecule has 5 heteroatoms. The summed E-state index contributed by atoms with van der Waals surface area (Å²) in [4.78, 5) is 2.32. The van der Waals surface area contributed by atoms with E-state index in [0.29, 0.717) is 52.9 Å². The maximum atomic E-state index is 5.70. The van der Waals surface area contributed by atoms with Gasteiger partial charge in [0.1, 0.15) is 0 Å². The normalized spacial score (nSPS) is 19.3. The molecule has 0 N–H and O–H groups in total. The van der Waals surface area contributed by atoms with Crippen LogP contribution in [0.25, 0.3) is 11.1 Å². The van der Waals surface area contributed by atoms with Gasteiger partial charge in [-0.3, -0.25) is 0 Å². The van der Waals surface area contributed by atoms with Gasteiger partial charge in [0.25, 0.3) is 0 Å². The third kappa shape index (κ3) is 5.97. The van der Waals surface area contributed by atoms with Gasteiger partial charge in [-0.25, -0.2) is 0 Å². The van der Waals surface area contributed by atoms with Crippen molar-refractivity contribution in [1.29, 1.82) is 0 Å². The Labute approximate surface area is 149 Å². The van der Waals surface area contributed by atoms with Crippen LogP contribution in [0.5, 0.6) is 0 Å². The van der Waals surface area contributed by atoms with E-state index in [0.717, 1.165) is 13.1 Å². The van der Waals surface area contributed by atoms with Gasteiger partial charge in [-0.1, -0.05) is 30.3 Å². The fraction of sp³-hybridized carbons (Fsp3) is 0.500. The fourth-order valence-corrected chi connectivity index (χ4v) is 2.86. The predicted octanol–water partition coefficient (Wildman–Crippen LogP) is 2.68. The number of anilines is 1. The van der Waals surface area contributed by atoms with Gasteiger partial charge in [0, 0.05) is 18.8 Å². The first-order valence-electron chi connectivity index (χ1n) is 8.98. The van der Waals surface area contributed by atoms with Crippen LogP contribution in [0.2, 0.25) is 0 Å². The summed E-state index contributed by atoms with van der Waals surface area (Å²) in [5.41, 5.74) is 3.71. The van der Waals surface area contributed by atoms with E-state index in [4.69, 9.17) is 18.9 Å². The van der Waals surface area contributed by atoms with Gasteiger partial charge >= 0.3 is 0 Å². The van der Waals surface area contributed by atoms with Crippen LogP contribution in [-0.2, 0) is 18.9 Å². The van der Waals surface area contributed by atoms with E-state index in [2.05, 4.69) is 47.4 Å². The molecule has 1 saturated heterocycles. The van der Waals surface area contributed by atoms with E-state index in [1.54, 1.807) is 0 Å². The molecule has 0 amide bonds. The summed E-state index contributed by atoms with van der Waals surface area (Å²) in [6, 6.07) is 15.0. The zero-order valence-electron chi connectivity index (χ0n) is 14.7. The Kier molecular flexibility index (Phi) is 7.52. The molecule has 0 bridgehead atoms. The highest BCUT2D eigenvalue weighted by atomic mass is 16.6. The average Bonchev–Trinajstić information content (AvgIpc) is 2.89. The van der Waals surface area contributed by atoms with E-state index in [9.17, 15) is 0 Å². The second-order valence-corrected chi connectivity index (χ2v) is 5.97. The molecule has 0 saturated carbocycles. The van der Waals surface area contributed by atoms with E-state index >= 15 is 0 Å². The van der Waals surface area contributed by atoms with E-state index in [-0.39, 0.29) is 0 Å². The molecule has 0 aromatic carbocycles. The molecule has 0 aromatic heterocycles. The van der Waals surface area contributed by atoms with Crippen LogP contribution < -0.4 is 4.90 Å². The molecule has 25 heavy (non-hydrogen) atoms. The smallest absolute Gasteiger partial charge is 0.0701 e. The molecular weight excluding hydrogens is 318 g/mol. The van der Waals surface area contributed by atoms with Gasteiger partial charge in [-0.2, -0.15) is 0 Å². The molecular formula is C20H27NO4. The molecule has 0 radical (unpaired) electrons. The first-order chi connectivity index (χ1) is 12.4. The lowest BCUT2D eigenvalue weighted by atomic mass is 10.2. The predicted molar refractivity (Wildman–Crippen MR) is 98.6 cm³/mol. The number of nitrogens with zero attached hydrogens (tertiary/aromatic N) is 1. The van der Waals surface area contributed by atoms with Crippen molar-refractivity contribution in [2.75, 3.05) is 70.8 Å². The zero-order chi connectivity index (χ0) is 17.2. The Morgan fingerprint density at radius 2 is 1.00 bits per heavy atom. The van der Waals surface area contributed by atoms with Crippen molar-refractivity contribution < 1.29 is 18.9 Å². The van der Waals surface area contributed by atoms with Crippen molar-refractivity contribution in [2.45, 2.75) is 0 Å². The number of ether oxygens (including phenoxy) is 4. The topological polar surface area (TPSA) is 40.2 Å². The van der Waals surface area contributed by atoms with Crippen LogP contribution in [0.15, 0.2) is 42.5 Å². The SMILES string of the molecule is c1ccc2cc(N3CCOCCOCCOCCOCC3)cc-2cc1. The van der Waals surface area contributed by atoms with Crippen LogP contribution in [0.1, 0.15) is 0 Å². The Hall–Kier alpha value is -1.66. The number of hydrogen-bond donors (Lipinski definition) is 0. The summed E-state index contributed by atoms with van der Waals surface area (Å²) in [7, 11) is 0. The Morgan fingerprint density at radius 1 is 0.560 bits per heavy atom. The monoisotopic (exact) mass is 345 g/mol. The lowest BCUT2D eigenvalue weighted by Crippen LogP contribution is -2.31. The van der Waals surface area contributed by atoms with Gasteiger partial charge in [-0.05, 0) is 23.3 Å². The van der Waals surface area contributed by atoms with Crippen LogP contribution in [0.3, 0.4) is 0 Å². The first-order valence-corrected chi connectivity index (χ1v) is 8.98. The second kappa shape index (κ2) is 10.4. The first kappa shape index (κ1) is 18.1. The molecule has 136 valence electrons. The fourth-order valence-electron chi connectivity index (χ4n) is 2.86. The van der Waals surface area contributed by atoms with Gasteiger partial charge in [0.05, 0.1) is 52.9 Å². The minimum absolute atomic E-state index is 0.604. The van der Waals surface area contributed by atoms with Crippen molar-refractivity contribution >= 4 is 5.69 Å². The van der Waals surface area contributed by atoms with Crippen LogP contribution >= 0.6 is 0 Å². The lowest BCUT2D eigenvalue weighted by molar-refractivity contribution is 0.00206. The molecule has 0 spiro atoms. The molecule has 3 rings (SSSR count). The summed E-state index contributed by atoms with van der Waals surface area (Å²) in [5.74, 6) is 0.